The molecule has 0 aliphatic heterocycles. The molecule has 0 saturated carbocycles. The summed E-state index contributed by atoms with van der Waals surface area (Å²) in [6.07, 6.45) is 0.725. The standard InChI is InChI=1S/C29H34FN3O5S/c1-5-18-31-29(35)22(3)32(19-23-8-6-21(2)7-9-23)28(34)20-33(25-12-10-24(30)11-13-25)39(36,37)27-16-14-26(38-4)15-17-27/h6-17,22H,5,18-20H2,1-4H3,(H,31,35)/t22-/m1/s1. The van der Waals surface area contributed by atoms with Gasteiger partial charge in [-0.25, -0.2) is 12.8 Å². The number of anilines is 1. The van der Waals surface area contributed by atoms with Gasteiger partial charge in [-0.2, -0.15) is 0 Å². The van der Waals surface area contributed by atoms with E-state index in [1.807, 2.05) is 38.1 Å². The molecule has 3 rings (SSSR count). The summed E-state index contributed by atoms with van der Waals surface area (Å²) in [6, 6.07) is 17.2. The summed E-state index contributed by atoms with van der Waals surface area (Å²) in [5, 5.41) is 2.80. The fourth-order valence-electron chi connectivity index (χ4n) is 3.88. The summed E-state index contributed by atoms with van der Waals surface area (Å²) in [7, 11) is -2.79. The largest absolute Gasteiger partial charge is 0.497 e. The van der Waals surface area contributed by atoms with Crippen molar-refractivity contribution in [2.45, 2.75) is 44.7 Å². The van der Waals surface area contributed by atoms with E-state index in [0.717, 1.165) is 34.0 Å². The first-order chi connectivity index (χ1) is 18.6. The minimum atomic E-state index is -4.25. The Morgan fingerprint density at radius 2 is 1.59 bits per heavy atom. The van der Waals surface area contributed by atoms with E-state index >= 15 is 0 Å². The van der Waals surface area contributed by atoms with Crippen molar-refractivity contribution >= 4 is 27.5 Å². The number of carbonyl (C=O) groups is 2. The molecule has 0 aliphatic rings. The van der Waals surface area contributed by atoms with Crippen molar-refractivity contribution in [3.8, 4) is 5.75 Å². The molecule has 0 saturated heterocycles. The van der Waals surface area contributed by atoms with E-state index in [1.165, 1.54) is 48.4 Å². The van der Waals surface area contributed by atoms with Crippen molar-refractivity contribution < 1.29 is 27.1 Å². The summed E-state index contributed by atoms with van der Waals surface area (Å²) in [6.45, 7) is 5.42. The van der Waals surface area contributed by atoms with E-state index in [-0.39, 0.29) is 23.0 Å². The van der Waals surface area contributed by atoms with Crippen molar-refractivity contribution in [1.82, 2.24) is 10.2 Å². The molecule has 3 aromatic carbocycles. The summed E-state index contributed by atoms with van der Waals surface area (Å²) in [5.74, 6) is -1.01. The highest BCUT2D eigenvalue weighted by molar-refractivity contribution is 7.92. The van der Waals surface area contributed by atoms with Crippen LogP contribution in [-0.2, 0) is 26.2 Å². The monoisotopic (exact) mass is 555 g/mol. The Morgan fingerprint density at radius 1 is 0.974 bits per heavy atom. The van der Waals surface area contributed by atoms with Crippen molar-refractivity contribution in [3.05, 3.63) is 89.7 Å². The van der Waals surface area contributed by atoms with Crippen LogP contribution in [0.3, 0.4) is 0 Å². The molecular weight excluding hydrogens is 521 g/mol. The quantitative estimate of drug-likeness (QED) is 0.360. The van der Waals surface area contributed by atoms with Gasteiger partial charge < -0.3 is 15.0 Å². The van der Waals surface area contributed by atoms with E-state index in [9.17, 15) is 22.4 Å². The fraction of sp³-hybridized carbons (Fsp3) is 0.310. The molecule has 1 N–H and O–H groups in total. The number of rotatable bonds is 12. The first kappa shape index (κ1) is 29.6. The van der Waals surface area contributed by atoms with Crippen LogP contribution in [0.25, 0.3) is 0 Å². The Balaban J connectivity index is 2.00. The molecular formula is C29H34FN3O5S. The number of hydrogen-bond acceptors (Lipinski definition) is 5. The smallest absolute Gasteiger partial charge is 0.264 e. The molecule has 2 amide bonds. The summed E-state index contributed by atoms with van der Waals surface area (Å²) < 4.78 is 47.3. The second kappa shape index (κ2) is 13.2. The Bertz CT molecular complexity index is 1360. The molecule has 0 fully saturated rings. The van der Waals surface area contributed by atoms with Crippen LogP contribution in [0.2, 0.25) is 0 Å². The Hall–Kier alpha value is -3.92. The van der Waals surface area contributed by atoms with E-state index in [2.05, 4.69) is 5.32 Å². The van der Waals surface area contributed by atoms with Crippen LogP contribution in [-0.4, -0.2) is 51.4 Å². The van der Waals surface area contributed by atoms with Crippen LogP contribution in [0, 0.1) is 12.7 Å². The molecule has 39 heavy (non-hydrogen) atoms. The van der Waals surface area contributed by atoms with Gasteiger partial charge in [-0.1, -0.05) is 36.8 Å². The summed E-state index contributed by atoms with van der Waals surface area (Å²) >= 11 is 0. The van der Waals surface area contributed by atoms with Gasteiger partial charge in [0.2, 0.25) is 11.8 Å². The molecule has 0 bridgehead atoms. The summed E-state index contributed by atoms with van der Waals surface area (Å²) in [5.41, 5.74) is 1.94. The predicted molar refractivity (Wildman–Crippen MR) is 148 cm³/mol. The highest BCUT2D eigenvalue weighted by atomic mass is 32.2. The minimum absolute atomic E-state index is 0.0701. The van der Waals surface area contributed by atoms with Crippen LogP contribution in [0.15, 0.2) is 77.7 Å². The number of carbonyl (C=O) groups excluding carboxylic acids is 2. The van der Waals surface area contributed by atoms with Crippen LogP contribution in [0.4, 0.5) is 10.1 Å². The van der Waals surface area contributed by atoms with E-state index in [0.29, 0.717) is 12.3 Å². The molecule has 10 heteroatoms. The van der Waals surface area contributed by atoms with Crippen molar-refractivity contribution in [2.75, 3.05) is 24.5 Å². The van der Waals surface area contributed by atoms with Gasteiger partial charge in [-0.15, -0.1) is 0 Å². The Morgan fingerprint density at radius 3 is 2.15 bits per heavy atom. The van der Waals surface area contributed by atoms with Gasteiger partial charge in [0.1, 0.15) is 24.2 Å². The maximum Gasteiger partial charge on any atom is 0.264 e. The molecule has 0 heterocycles. The third kappa shape index (κ3) is 7.57. The zero-order valence-electron chi connectivity index (χ0n) is 22.6. The van der Waals surface area contributed by atoms with Crippen molar-refractivity contribution in [3.63, 3.8) is 0 Å². The van der Waals surface area contributed by atoms with Crippen molar-refractivity contribution in [2.24, 2.45) is 0 Å². The number of sulfonamides is 1. The fourth-order valence-corrected chi connectivity index (χ4v) is 5.29. The van der Waals surface area contributed by atoms with Gasteiger partial charge in [0.15, 0.2) is 0 Å². The lowest BCUT2D eigenvalue weighted by Crippen LogP contribution is -2.51. The van der Waals surface area contributed by atoms with Gasteiger partial charge in [-0.3, -0.25) is 13.9 Å². The zero-order chi connectivity index (χ0) is 28.6. The van der Waals surface area contributed by atoms with Crippen molar-refractivity contribution in [1.29, 1.82) is 0 Å². The minimum Gasteiger partial charge on any atom is -0.497 e. The lowest BCUT2D eigenvalue weighted by atomic mass is 10.1. The average molecular weight is 556 g/mol. The first-order valence-electron chi connectivity index (χ1n) is 12.6. The predicted octanol–water partition coefficient (Wildman–Crippen LogP) is 4.28. The number of benzene rings is 3. The molecule has 0 spiro atoms. The van der Waals surface area contributed by atoms with E-state index in [4.69, 9.17) is 4.74 Å². The first-order valence-corrected chi connectivity index (χ1v) is 14.1. The Kier molecular flexibility index (Phi) is 10.1. The maximum absolute atomic E-state index is 13.8. The van der Waals surface area contributed by atoms with Crippen LogP contribution in [0.1, 0.15) is 31.4 Å². The molecule has 208 valence electrons. The van der Waals surface area contributed by atoms with Gasteiger partial charge in [0.25, 0.3) is 10.0 Å². The van der Waals surface area contributed by atoms with Gasteiger partial charge in [0.05, 0.1) is 17.7 Å². The van der Waals surface area contributed by atoms with Gasteiger partial charge in [0, 0.05) is 13.1 Å². The van der Waals surface area contributed by atoms with E-state index < -0.39 is 34.3 Å². The van der Waals surface area contributed by atoms with Gasteiger partial charge >= 0.3 is 0 Å². The zero-order valence-corrected chi connectivity index (χ0v) is 23.4. The lowest BCUT2D eigenvalue weighted by Gasteiger charge is -2.32. The lowest BCUT2D eigenvalue weighted by molar-refractivity contribution is -0.139. The van der Waals surface area contributed by atoms with Gasteiger partial charge in [-0.05, 0) is 74.4 Å². The normalized spacial score (nSPS) is 11.9. The summed E-state index contributed by atoms with van der Waals surface area (Å²) in [4.78, 5) is 28.0. The SMILES string of the molecule is CCCNC(=O)[C@@H](C)N(Cc1ccc(C)cc1)C(=O)CN(c1ccc(F)cc1)S(=O)(=O)c1ccc(OC)cc1. The second-order valence-corrected chi connectivity index (χ2v) is 11.0. The van der Waals surface area contributed by atoms with Crippen LogP contribution in [0.5, 0.6) is 5.75 Å². The number of amides is 2. The topological polar surface area (TPSA) is 96.0 Å². The molecule has 3 aromatic rings. The molecule has 1 atom stereocenters. The molecule has 8 nitrogen and oxygen atoms in total. The molecule has 0 unspecified atom stereocenters. The molecule has 0 aromatic heterocycles. The number of ether oxygens (including phenoxy) is 1. The van der Waals surface area contributed by atoms with Crippen LogP contribution >= 0.6 is 0 Å². The number of nitrogens with zero attached hydrogens (tertiary/aromatic N) is 2. The maximum atomic E-state index is 13.8. The highest BCUT2D eigenvalue weighted by Gasteiger charge is 2.32. The number of halogens is 1. The number of aryl methyl sites for hydroxylation is 1. The third-order valence-corrected chi connectivity index (χ3v) is 8.02. The second-order valence-electron chi connectivity index (χ2n) is 9.14. The van der Waals surface area contributed by atoms with Crippen LogP contribution < -0.4 is 14.4 Å². The molecule has 0 aliphatic carbocycles. The number of hydrogen-bond donors (Lipinski definition) is 1. The van der Waals surface area contributed by atoms with E-state index in [1.54, 1.807) is 6.92 Å². The Labute approximate surface area is 229 Å². The third-order valence-electron chi connectivity index (χ3n) is 6.23. The highest BCUT2D eigenvalue weighted by Crippen LogP contribution is 2.26. The molecule has 0 radical (unpaired) electrons. The number of methoxy groups -OCH3 is 1. The number of nitrogens with one attached hydrogen (secondary N) is 1. The average Bonchev–Trinajstić information content (AvgIpc) is 2.94.